The van der Waals surface area contributed by atoms with E-state index in [0.717, 1.165) is 11.3 Å². The van der Waals surface area contributed by atoms with Crippen LogP contribution < -0.4 is 10.1 Å². The van der Waals surface area contributed by atoms with E-state index < -0.39 is 0 Å². The van der Waals surface area contributed by atoms with Gasteiger partial charge >= 0.3 is 0 Å². The summed E-state index contributed by atoms with van der Waals surface area (Å²) < 4.78 is 5.07. The number of thioether (sulfide) groups is 1. The normalized spacial score (nSPS) is 20.4. The fourth-order valence-corrected chi connectivity index (χ4v) is 2.52. The fraction of sp³-hybridized carbons (Fsp3) is 0.214. The smallest absolute Gasteiger partial charge is 0.239 e. The second kappa shape index (κ2) is 6.91. The number of amidine groups is 1. The first-order chi connectivity index (χ1) is 9.72. The number of rotatable bonds is 5. The molecule has 1 fully saturated rings. The summed E-state index contributed by atoms with van der Waals surface area (Å²) in [6.07, 6.45) is 3.97. The maximum atomic E-state index is 11.6. The van der Waals surface area contributed by atoms with Gasteiger partial charge in [-0.15, -0.1) is 11.7 Å². The van der Waals surface area contributed by atoms with Crippen LogP contribution in [0.25, 0.3) is 0 Å². The summed E-state index contributed by atoms with van der Waals surface area (Å²) in [5, 5.41) is 11.0. The zero-order chi connectivity index (χ0) is 14.4. The van der Waals surface area contributed by atoms with E-state index in [1.54, 1.807) is 19.4 Å². The Kier molecular flexibility index (Phi) is 4.95. The van der Waals surface area contributed by atoms with Crippen LogP contribution in [0.15, 0.2) is 47.1 Å². The Morgan fingerprint density at radius 2 is 2.20 bits per heavy atom. The lowest BCUT2D eigenvalue weighted by Gasteiger charge is -1.98. The molecule has 5 nitrogen and oxygen atoms in total. The highest BCUT2D eigenvalue weighted by atomic mass is 32.2. The first kappa shape index (κ1) is 14.3. The minimum absolute atomic E-state index is 0.0479. The van der Waals surface area contributed by atoms with Crippen LogP contribution >= 0.6 is 11.8 Å². The molecule has 1 atom stereocenters. The van der Waals surface area contributed by atoms with Gasteiger partial charge in [-0.1, -0.05) is 17.8 Å². The van der Waals surface area contributed by atoms with Crippen LogP contribution in [0.5, 0.6) is 5.75 Å². The maximum absolute atomic E-state index is 11.6. The Hall–Kier alpha value is -2.08. The molecule has 6 heteroatoms. The lowest BCUT2D eigenvalue weighted by atomic mass is 10.2. The number of benzene rings is 1. The monoisotopic (exact) mass is 289 g/mol. The standard InChI is InChI=1S/C14H15N3O2S/c1-3-4-12-13(18)16-14(20-12)17-15-9-10-5-7-11(19-2)8-6-10/h3,5-9,12H,1,4H2,2H3,(H,16,17,18)/b15-9-. The van der Waals surface area contributed by atoms with Gasteiger partial charge in [0, 0.05) is 0 Å². The van der Waals surface area contributed by atoms with Crippen LogP contribution in [0.3, 0.4) is 0 Å². The number of hydrogen-bond acceptors (Lipinski definition) is 5. The molecular formula is C14H15N3O2S. The van der Waals surface area contributed by atoms with Crippen LogP contribution in [0.4, 0.5) is 0 Å². The second-order valence-corrected chi connectivity index (χ2v) is 5.23. The van der Waals surface area contributed by atoms with Crippen molar-refractivity contribution in [2.24, 2.45) is 10.2 Å². The van der Waals surface area contributed by atoms with Crippen LogP contribution in [-0.2, 0) is 4.79 Å². The van der Waals surface area contributed by atoms with Gasteiger partial charge in [0.2, 0.25) is 5.91 Å². The lowest BCUT2D eigenvalue weighted by molar-refractivity contribution is -0.118. The predicted molar refractivity (Wildman–Crippen MR) is 82.4 cm³/mol. The van der Waals surface area contributed by atoms with Gasteiger partial charge in [0.25, 0.3) is 0 Å². The van der Waals surface area contributed by atoms with E-state index in [9.17, 15) is 4.79 Å². The number of amides is 1. The molecule has 1 heterocycles. The van der Waals surface area contributed by atoms with E-state index in [1.165, 1.54) is 11.8 Å². The molecule has 0 aromatic heterocycles. The number of carbonyl (C=O) groups excluding carboxylic acids is 1. The summed E-state index contributed by atoms with van der Waals surface area (Å²) in [5.74, 6) is 0.743. The molecule has 1 aromatic rings. The van der Waals surface area contributed by atoms with Gasteiger partial charge in [0.1, 0.15) is 5.75 Å². The van der Waals surface area contributed by atoms with E-state index in [1.807, 2.05) is 24.3 Å². The first-order valence-electron chi connectivity index (χ1n) is 6.06. The Bertz CT molecular complexity index is 552. The first-order valence-corrected chi connectivity index (χ1v) is 6.94. The molecule has 2 rings (SSSR count). The molecule has 0 bridgehead atoms. The molecule has 1 N–H and O–H groups in total. The third-order valence-electron chi connectivity index (χ3n) is 2.63. The highest BCUT2D eigenvalue weighted by Gasteiger charge is 2.28. The number of hydrogen-bond donors (Lipinski definition) is 1. The number of ether oxygens (including phenoxy) is 1. The molecule has 0 aliphatic carbocycles. The van der Waals surface area contributed by atoms with Gasteiger partial charge in [0.15, 0.2) is 5.17 Å². The van der Waals surface area contributed by atoms with Crippen molar-refractivity contribution in [2.75, 3.05) is 7.11 Å². The molecule has 1 unspecified atom stereocenters. The minimum atomic E-state index is -0.151. The van der Waals surface area contributed by atoms with Crippen molar-refractivity contribution in [1.82, 2.24) is 5.32 Å². The van der Waals surface area contributed by atoms with Gasteiger partial charge in [0.05, 0.1) is 18.6 Å². The Labute approximate surface area is 121 Å². The van der Waals surface area contributed by atoms with Crippen molar-refractivity contribution < 1.29 is 9.53 Å². The number of allylic oxidation sites excluding steroid dienone is 1. The van der Waals surface area contributed by atoms with Crippen molar-refractivity contribution in [1.29, 1.82) is 0 Å². The molecule has 1 aliphatic rings. The Morgan fingerprint density at radius 3 is 2.85 bits per heavy atom. The average molecular weight is 289 g/mol. The van der Waals surface area contributed by atoms with E-state index in [4.69, 9.17) is 4.74 Å². The van der Waals surface area contributed by atoms with E-state index in [-0.39, 0.29) is 11.2 Å². The van der Waals surface area contributed by atoms with Crippen molar-refractivity contribution >= 4 is 29.1 Å². The number of methoxy groups -OCH3 is 1. The molecule has 0 radical (unpaired) electrons. The van der Waals surface area contributed by atoms with Gasteiger partial charge in [-0.25, -0.2) is 0 Å². The molecule has 1 aromatic carbocycles. The van der Waals surface area contributed by atoms with Crippen LogP contribution in [0, 0.1) is 0 Å². The minimum Gasteiger partial charge on any atom is -0.497 e. The molecule has 0 spiro atoms. The quantitative estimate of drug-likeness (QED) is 0.513. The van der Waals surface area contributed by atoms with Crippen molar-refractivity contribution in [3.63, 3.8) is 0 Å². The van der Waals surface area contributed by atoms with Crippen LogP contribution in [0.2, 0.25) is 0 Å². The summed E-state index contributed by atoms with van der Waals surface area (Å²) in [7, 11) is 1.62. The van der Waals surface area contributed by atoms with Gasteiger partial charge in [-0.2, -0.15) is 5.10 Å². The summed E-state index contributed by atoms with van der Waals surface area (Å²) in [6, 6.07) is 7.45. The molecular weight excluding hydrogens is 274 g/mol. The van der Waals surface area contributed by atoms with Gasteiger partial charge in [-0.3, -0.25) is 4.79 Å². The SMILES string of the molecule is C=CCC1S/C(=N\N=C/c2ccc(OC)cc2)NC1=O. The Balaban J connectivity index is 1.96. The topological polar surface area (TPSA) is 63.1 Å². The summed E-state index contributed by atoms with van der Waals surface area (Å²) in [5.41, 5.74) is 0.909. The number of carbonyl (C=O) groups is 1. The van der Waals surface area contributed by atoms with E-state index in [0.29, 0.717) is 11.6 Å². The summed E-state index contributed by atoms with van der Waals surface area (Å²) in [6.45, 7) is 3.63. The number of nitrogens with one attached hydrogen (secondary N) is 1. The van der Waals surface area contributed by atoms with Crippen LogP contribution in [0.1, 0.15) is 12.0 Å². The third kappa shape index (κ3) is 3.71. The van der Waals surface area contributed by atoms with E-state index >= 15 is 0 Å². The highest BCUT2D eigenvalue weighted by molar-refractivity contribution is 8.15. The zero-order valence-electron chi connectivity index (χ0n) is 11.1. The second-order valence-electron chi connectivity index (χ2n) is 4.04. The molecule has 1 aliphatic heterocycles. The Morgan fingerprint density at radius 1 is 1.45 bits per heavy atom. The van der Waals surface area contributed by atoms with E-state index in [2.05, 4.69) is 22.1 Å². The summed E-state index contributed by atoms with van der Waals surface area (Å²) >= 11 is 1.37. The molecule has 1 amide bonds. The van der Waals surface area contributed by atoms with Crippen LogP contribution in [-0.4, -0.2) is 29.6 Å². The van der Waals surface area contributed by atoms with Crippen molar-refractivity contribution in [3.05, 3.63) is 42.5 Å². The fourth-order valence-electron chi connectivity index (χ4n) is 1.60. The molecule has 0 saturated carbocycles. The largest absolute Gasteiger partial charge is 0.497 e. The van der Waals surface area contributed by atoms with Crippen molar-refractivity contribution in [3.8, 4) is 5.75 Å². The molecule has 20 heavy (non-hydrogen) atoms. The zero-order valence-corrected chi connectivity index (χ0v) is 11.9. The lowest BCUT2D eigenvalue weighted by Crippen LogP contribution is -2.24. The van der Waals surface area contributed by atoms with Gasteiger partial charge in [-0.05, 0) is 36.2 Å². The predicted octanol–water partition coefficient (Wildman–Crippen LogP) is 2.19. The highest BCUT2D eigenvalue weighted by Crippen LogP contribution is 2.22. The summed E-state index contributed by atoms with van der Waals surface area (Å²) in [4.78, 5) is 11.6. The molecule has 1 saturated heterocycles. The van der Waals surface area contributed by atoms with Crippen molar-refractivity contribution in [2.45, 2.75) is 11.7 Å². The maximum Gasteiger partial charge on any atom is 0.239 e. The molecule has 104 valence electrons. The van der Waals surface area contributed by atoms with Gasteiger partial charge < -0.3 is 10.1 Å². The number of nitrogens with zero attached hydrogens (tertiary/aromatic N) is 2. The average Bonchev–Trinajstić information content (AvgIpc) is 2.80. The third-order valence-corrected chi connectivity index (χ3v) is 3.73.